The van der Waals surface area contributed by atoms with Gasteiger partial charge in [-0.1, -0.05) is 43.2 Å². The summed E-state index contributed by atoms with van der Waals surface area (Å²) in [7, 11) is 6.70. The van der Waals surface area contributed by atoms with Crippen LogP contribution in [0.4, 0.5) is 0 Å². The molecule has 0 aliphatic heterocycles. The highest BCUT2D eigenvalue weighted by atomic mass is 33.1. The second kappa shape index (κ2) is 15.6. The summed E-state index contributed by atoms with van der Waals surface area (Å²) in [5, 5.41) is 0. The van der Waals surface area contributed by atoms with Crippen molar-refractivity contribution in [3.63, 3.8) is 0 Å². The minimum atomic E-state index is -1.90. The Labute approximate surface area is 159 Å². The summed E-state index contributed by atoms with van der Waals surface area (Å²) in [4.78, 5) is 0. The number of hydrogen-bond acceptors (Lipinski definition) is 10. The molecule has 0 amide bonds. The van der Waals surface area contributed by atoms with Crippen molar-refractivity contribution in [3.8, 4) is 0 Å². The van der Waals surface area contributed by atoms with Crippen LogP contribution in [-0.4, -0.2) is 71.7 Å². The zero-order valence-corrected chi connectivity index (χ0v) is 17.5. The van der Waals surface area contributed by atoms with Gasteiger partial charge in [0, 0.05) is 47.2 Å². The lowest BCUT2D eigenvalue weighted by Gasteiger charge is -2.17. The van der Waals surface area contributed by atoms with E-state index < -0.39 is 17.1 Å². The lowest BCUT2D eigenvalue weighted by atomic mass is 10.2. The molecule has 0 rings (SSSR count). The maximum atomic E-state index is 10.6. The molecule has 0 aliphatic carbocycles. The zero-order valence-electron chi connectivity index (χ0n) is 12.6. The molecule has 1 radical (unpaired) electrons. The van der Waals surface area contributed by atoms with Gasteiger partial charge in [0.15, 0.2) is 11.1 Å². The molecule has 9 N–H and O–H groups in total. The van der Waals surface area contributed by atoms with Crippen molar-refractivity contribution >= 4 is 65.9 Å². The molecular formula is C10H25N4O3S6. The summed E-state index contributed by atoms with van der Waals surface area (Å²) in [5.41, 5.74) is 23.2. The topological polar surface area (TPSA) is 158 Å². The van der Waals surface area contributed by atoms with Gasteiger partial charge >= 0.3 is 0 Å². The maximum Gasteiger partial charge on any atom is 0.154 e. The van der Waals surface area contributed by atoms with Crippen LogP contribution in [0.5, 0.6) is 0 Å². The first-order valence-electron chi connectivity index (χ1n) is 6.71. The van der Waals surface area contributed by atoms with E-state index in [-0.39, 0.29) is 23.9 Å². The molecule has 0 aromatic heterocycles. The van der Waals surface area contributed by atoms with Crippen molar-refractivity contribution in [1.82, 2.24) is 0 Å². The molecule has 5 atom stereocenters. The van der Waals surface area contributed by atoms with Crippen molar-refractivity contribution in [2.75, 3.05) is 34.5 Å². The predicted molar refractivity (Wildman–Crippen MR) is 110 cm³/mol. The van der Waals surface area contributed by atoms with E-state index >= 15 is 0 Å². The van der Waals surface area contributed by atoms with Gasteiger partial charge < -0.3 is 27.5 Å². The van der Waals surface area contributed by atoms with Gasteiger partial charge in [0.2, 0.25) is 0 Å². The largest absolute Gasteiger partial charge is 0.326 e. The highest BCUT2D eigenvalue weighted by Crippen LogP contribution is 2.27. The van der Waals surface area contributed by atoms with Crippen molar-refractivity contribution in [2.24, 2.45) is 22.9 Å². The summed E-state index contributed by atoms with van der Waals surface area (Å²) >= 11 is -1.43. The van der Waals surface area contributed by atoms with E-state index in [0.717, 1.165) is 17.3 Å². The second-order valence-corrected chi connectivity index (χ2v) is 11.4. The summed E-state index contributed by atoms with van der Waals surface area (Å²) in [6, 6.07) is -1.16. The highest BCUT2D eigenvalue weighted by Gasteiger charge is 2.16. The van der Waals surface area contributed by atoms with Crippen LogP contribution < -0.4 is 22.9 Å². The Hall–Kier alpha value is 1.37. The van der Waals surface area contributed by atoms with Crippen LogP contribution in [0.15, 0.2) is 0 Å². The van der Waals surface area contributed by atoms with Gasteiger partial charge in [-0.25, -0.2) is 8.42 Å². The Bertz CT molecular complexity index is 344. The Morgan fingerprint density at radius 2 is 1.22 bits per heavy atom. The molecule has 0 saturated heterocycles. The molecule has 1 unspecified atom stereocenters. The van der Waals surface area contributed by atoms with Crippen LogP contribution in [0.25, 0.3) is 0 Å². The van der Waals surface area contributed by atoms with E-state index in [1.54, 1.807) is 43.2 Å². The number of rotatable bonds is 15. The minimum absolute atomic E-state index is 0.00608. The first kappa shape index (κ1) is 24.4. The summed E-state index contributed by atoms with van der Waals surface area (Å²) in [6.07, 6.45) is 0. The van der Waals surface area contributed by atoms with Crippen LogP contribution in [0.1, 0.15) is 0 Å². The van der Waals surface area contributed by atoms with E-state index in [1.807, 2.05) is 0 Å². The predicted octanol–water partition coefficient (Wildman–Crippen LogP) is -0.507. The van der Waals surface area contributed by atoms with Crippen LogP contribution >= 0.6 is 43.2 Å². The van der Waals surface area contributed by atoms with Gasteiger partial charge in [-0.15, -0.1) is 0 Å². The Morgan fingerprint density at radius 1 is 0.783 bits per heavy atom. The molecule has 0 saturated carbocycles. The summed E-state index contributed by atoms with van der Waals surface area (Å²) in [5.74, 6) is 3.63. The monoisotopic (exact) mass is 441 g/mol. The van der Waals surface area contributed by atoms with Gasteiger partial charge in [0.1, 0.15) is 0 Å². The fourth-order valence-electron chi connectivity index (χ4n) is 1.18. The first-order valence-corrected chi connectivity index (χ1v) is 13.9. The quantitative estimate of drug-likeness (QED) is 0.127. The molecule has 0 aliphatic rings. The van der Waals surface area contributed by atoms with Gasteiger partial charge in [-0.3, -0.25) is 0 Å². The SMILES string of the molecule is N[C@H](CSSCCSSC[C@@H](N)[C@H](N)CS(=O)O)[C@H](N)C[S]=O. The van der Waals surface area contributed by atoms with E-state index in [0.29, 0.717) is 23.2 Å². The maximum absolute atomic E-state index is 10.6. The molecule has 139 valence electrons. The average Bonchev–Trinajstić information content (AvgIpc) is 2.48. The van der Waals surface area contributed by atoms with Crippen LogP contribution in [-0.2, 0) is 22.7 Å². The van der Waals surface area contributed by atoms with Crippen molar-refractivity contribution in [1.29, 1.82) is 0 Å². The fraction of sp³-hybridized carbons (Fsp3) is 1.00. The van der Waals surface area contributed by atoms with Crippen molar-refractivity contribution in [2.45, 2.75) is 24.2 Å². The fourth-order valence-corrected chi connectivity index (χ4v) is 7.39. The normalized spacial score (nSPS) is 18.1. The van der Waals surface area contributed by atoms with Gasteiger partial charge in [-0.2, -0.15) is 0 Å². The third-order valence-electron chi connectivity index (χ3n) is 2.63. The van der Waals surface area contributed by atoms with Crippen LogP contribution in [0, 0.1) is 0 Å². The summed E-state index contributed by atoms with van der Waals surface area (Å²) in [6.45, 7) is 0. The number of nitrogens with two attached hydrogens (primary N) is 4. The molecule has 0 aromatic rings. The lowest BCUT2D eigenvalue weighted by Crippen LogP contribution is -2.46. The van der Waals surface area contributed by atoms with Gasteiger partial charge in [0.25, 0.3) is 0 Å². The van der Waals surface area contributed by atoms with Gasteiger partial charge in [0.05, 0.1) is 23.2 Å². The molecule has 0 fully saturated rings. The molecule has 0 bridgehead atoms. The Kier molecular flexibility index (Phi) is 16.5. The van der Waals surface area contributed by atoms with E-state index in [9.17, 15) is 8.42 Å². The average molecular weight is 442 g/mol. The van der Waals surface area contributed by atoms with Gasteiger partial charge in [-0.05, 0) is 0 Å². The molecule has 0 heterocycles. The lowest BCUT2D eigenvalue weighted by molar-refractivity contribution is 0.541. The molecule has 23 heavy (non-hydrogen) atoms. The van der Waals surface area contributed by atoms with Crippen molar-refractivity contribution < 1.29 is 13.0 Å². The molecule has 0 aromatic carbocycles. The van der Waals surface area contributed by atoms with E-state index in [4.69, 9.17) is 27.5 Å². The number of hydrogen-bond donors (Lipinski definition) is 5. The van der Waals surface area contributed by atoms with E-state index in [1.165, 1.54) is 0 Å². The van der Waals surface area contributed by atoms with Crippen molar-refractivity contribution in [3.05, 3.63) is 0 Å². The van der Waals surface area contributed by atoms with Crippen LogP contribution in [0.3, 0.4) is 0 Å². The smallest absolute Gasteiger partial charge is 0.154 e. The summed E-state index contributed by atoms with van der Waals surface area (Å²) < 4.78 is 29.8. The zero-order chi connectivity index (χ0) is 17.7. The first-order chi connectivity index (χ1) is 10.9. The minimum Gasteiger partial charge on any atom is -0.326 e. The highest BCUT2D eigenvalue weighted by molar-refractivity contribution is 8.78. The third-order valence-corrected chi connectivity index (χ3v) is 9.02. The molecular weight excluding hydrogens is 417 g/mol. The molecule has 0 spiro atoms. The van der Waals surface area contributed by atoms with Crippen LogP contribution in [0.2, 0.25) is 0 Å². The Balaban J connectivity index is 3.49. The molecule has 13 heteroatoms. The van der Waals surface area contributed by atoms with E-state index in [2.05, 4.69) is 0 Å². The molecule has 7 nitrogen and oxygen atoms in total. The standard InChI is InChI=1S/C10H25N4O3S6/c11-7(3-18-15)8(12)4-21-19-1-2-20-22-5-9(13)10(14)6-23(16)17/h7-10H,1-6,11-14H2,(H,16,17)/t7-,8-,9-,10-/m1/s1. The third kappa shape index (κ3) is 14.2. The second-order valence-electron chi connectivity index (χ2n) is 4.64. The Morgan fingerprint density at radius 3 is 1.65 bits per heavy atom.